The molecule has 0 bridgehead atoms. The van der Waals surface area contributed by atoms with Crippen molar-refractivity contribution in [2.75, 3.05) is 7.11 Å². The summed E-state index contributed by atoms with van der Waals surface area (Å²) in [7, 11) is -2.25. The summed E-state index contributed by atoms with van der Waals surface area (Å²) in [5, 5.41) is 0.276. The van der Waals surface area contributed by atoms with Crippen molar-refractivity contribution in [2.45, 2.75) is 147 Å². The molecule has 3 aliphatic carbocycles. The van der Waals surface area contributed by atoms with E-state index in [2.05, 4.69) is 79.6 Å². The van der Waals surface area contributed by atoms with Crippen LogP contribution in [0.2, 0.25) is 36.3 Å². The Labute approximate surface area is 224 Å². The van der Waals surface area contributed by atoms with Gasteiger partial charge in [0.15, 0.2) is 22.4 Å². The van der Waals surface area contributed by atoms with Crippen molar-refractivity contribution in [1.82, 2.24) is 0 Å². The van der Waals surface area contributed by atoms with Gasteiger partial charge in [-0.2, -0.15) is 0 Å². The number of ether oxygens (including phenoxy) is 1. The maximum Gasteiger partial charge on any atom is 0.193 e. The first-order chi connectivity index (χ1) is 16.5. The second kappa shape index (κ2) is 10.6. The lowest BCUT2D eigenvalue weighted by Crippen LogP contribution is -2.65. The zero-order valence-corrected chi connectivity index (χ0v) is 27.2. The van der Waals surface area contributed by atoms with Crippen LogP contribution in [0.4, 0.5) is 0 Å². The molecule has 0 aliphatic heterocycles. The van der Waals surface area contributed by atoms with Crippen LogP contribution in [0.5, 0.6) is 0 Å². The standard InChI is InChI=1S/C30H54O4Si2/c1-28(2,3)35(8,9)33-25(22-15-13-12-14-16-22)18-17-23-24-21-27(31)30(24,32-7)20-19-26(23)34-36(10,11)29(4,5)6/h22-26H,12-16,19-21H2,1-11H3/t23-,24-,25+,26-,30-/m0/s1. The number of fused-ring (bicyclic) bond motifs is 1. The third-order valence-electron chi connectivity index (χ3n) is 10.4. The van der Waals surface area contributed by atoms with E-state index in [4.69, 9.17) is 13.6 Å². The Bertz CT molecular complexity index is 851. The normalized spacial score (nSPS) is 31.2. The Morgan fingerprint density at radius 2 is 1.50 bits per heavy atom. The fraction of sp³-hybridized carbons (Fsp3) is 0.900. The van der Waals surface area contributed by atoms with Crippen molar-refractivity contribution in [3.05, 3.63) is 0 Å². The van der Waals surface area contributed by atoms with Crippen LogP contribution >= 0.6 is 0 Å². The molecule has 0 aromatic heterocycles. The highest BCUT2D eigenvalue weighted by molar-refractivity contribution is 6.74. The van der Waals surface area contributed by atoms with Gasteiger partial charge in [0.1, 0.15) is 11.7 Å². The quantitative estimate of drug-likeness (QED) is 0.258. The Morgan fingerprint density at radius 1 is 0.917 bits per heavy atom. The van der Waals surface area contributed by atoms with Crippen LogP contribution in [0.3, 0.4) is 0 Å². The molecule has 0 unspecified atom stereocenters. The van der Waals surface area contributed by atoms with Crippen LogP contribution in [0, 0.1) is 29.6 Å². The molecule has 3 aliphatic rings. The van der Waals surface area contributed by atoms with E-state index in [0.717, 1.165) is 12.8 Å². The maximum absolute atomic E-state index is 12.8. The zero-order valence-electron chi connectivity index (χ0n) is 25.2. The molecular formula is C30H54O4Si2. The van der Waals surface area contributed by atoms with Gasteiger partial charge in [-0.05, 0) is 67.9 Å². The number of ketones is 1. The van der Waals surface area contributed by atoms with E-state index in [1.165, 1.54) is 32.1 Å². The van der Waals surface area contributed by atoms with Gasteiger partial charge in [-0.3, -0.25) is 4.79 Å². The van der Waals surface area contributed by atoms with Gasteiger partial charge in [0.25, 0.3) is 0 Å². The van der Waals surface area contributed by atoms with E-state index >= 15 is 0 Å². The largest absolute Gasteiger partial charge is 0.413 e. The smallest absolute Gasteiger partial charge is 0.193 e. The van der Waals surface area contributed by atoms with Crippen molar-refractivity contribution < 1.29 is 18.4 Å². The third kappa shape index (κ3) is 5.91. The first-order valence-corrected chi connectivity index (χ1v) is 20.2. The monoisotopic (exact) mass is 534 g/mol. The van der Waals surface area contributed by atoms with Crippen LogP contribution < -0.4 is 0 Å². The van der Waals surface area contributed by atoms with Crippen molar-refractivity contribution in [3.8, 4) is 11.8 Å². The van der Waals surface area contributed by atoms with Crippen LogP contribution in [0.25, 0.3) is 0 Å². The molecule has 0 radical (unpaired) electrons. The molecule has 5 atom stereocenters. The average Bonchev–Trinajstić information content (AvgIpc) is 2.76. The second-order valence-electron chi connectivity index (χ2n) is 14.8. The van der Waals surface area contributed by atoms with Crippen molar-refractivity contribution in [1.29, 1.82) is 0 Å². The number of hydrogen-bond donors (Lipinski definition) is 0. The van der Waals surface area contributed by atoms with E-state index < -0.39 is 22.2 Å². The lowest BCUT2D eigenvalue weighted by molar-refractivity contribution is -0.189. The first kappa shape index (κ1) is 30.1. The summed E-state index contributed by atoms with van der Waals surface area (Å²) in [6.45, 7) is 23.1. The lowest BCUT2D eigenvalue weighted by atomic mass is 9.55. The first-order valence-electron chi connectivity index (χ1n) is 14.4. The van der Waals surface area contributed by atoms with Gasteiger partial charge >= 0.3 is 0 Å². The van der Waals surface area contributed by atoms with Crippen LogP contribution in [-0.4, -0.2) is 47.3 Å². The van der Waals surface area contributed by atoms with E-state index in [1.54, 1.807) is 7.11 Å². The molecule has 0 saturated heterocycles. The summed E-state index contributed by atoms with van der Waals surface area (Å²) < 4.78 is 19.9. The van der Waals surface area contributed by atoms with Crippen LogP contribution in [-0.2, 0) is 18.4 Å². The predicted molar refractivity (Wildman–Crippen MR) is 154 cm³/mol. The molecule has 0 spiro atoms. The number of rotatable bonds is 6. The molecule has 0 amide bonds. The fourth-order valence-corrected chi connectivity index (χ4v) is 8.37. The Kier molecular flexibility index (Phi) is 8.86. The number of Topliss-reactive ketones (excluding diaryl/α,β-unsaturated/α-hetero) is 1. The summed E-state index contributed by atoms with van der Waals surface area (Å²) in [6.07, 6.45) is 8.43. The lowest BCUT2D eigenvalue weighted by Gasteiger charge is -2.55. The van der Waals surface area contributed by atoms with Crippen molar-refractivity contribution >= 4 is 22.4 Å². The van der Waals surface area contributed by atoms with Crippen LogP contribution in [0.15, 0.2) is 0 Å². The average molecular weight is 535 g/mol. The van der Waals surface area contributed by atoms with Crippen molar-refractivity contribution in [3.63, 3.8) is 0 Å². The molecule has 6 heteroatoms. The summed E-state index contributed by atoms with van der Waals surface area (Å²) in [5.41, 5.74) is -0.659. The minimum absolute atomic E-state index is 0.0135. The van der Waals surface area contributed by atoms with Crippen molar-refractivity contribution in [2.24, 2.45) is 17.8 Å². The molecule has 0 aromatic rings. The summed E-state index contributed by atoms with van der Waals surface area (Å²) in [4.78, 5) is 12.8. The molecule has 0 heterocycles. The third-order valence-corrected chi connectivity index (χ3v) is 19.4. The minimum Gasteiger partial charge on any atom is -0.413 e. The van der Waals surface area contributed by atoms with Gasteiger partial charge in [-0.1, -0.05) is 72.6 Å². The fourth-order valence-electron chi connectivity index (χ4n) is 5.75. The van der Waals surface area contributed by atoms with Gasteiger partial charge in [0.2, 0.25) is 0 Å². The molecule has 3 saturated carbocycles. The molecule has 3 rings (SSSR count). The van der Waals surface area contributed by atoms with Gasteiger partial charge in [-0.15, -0.1) is 0 Å². The van der Waals surface area contributed by atoms with Gasteiger partial charge in [-0.25, -0.2) is 0 Å². The number of carbonyl (C=O) groups excluding carboxylic acids is 1. The molecule has 4 nitrogen and oxygen atoms in total. The predicted octanol–water partition coefficient (Wildman–Crippen LogP) is 7.74. The molecule has 0 N–H and O–H groups in total. The molecule has 36 heavy (non-hydrogen) atoms. The number of carbonyl (C=O) groups is 1. The van der Waals surface area contributed by atoms with Crippen LogP contribution in [0.1, 0.15) is 92.9 Å². The minimum atomic E-state index is -1.98. The molecule has 3 fully saturated rings. The highest BCUT2D eigenvalue weighted by Gasteiger charge is 2.62. The Balaban J connectivity index is 1.96. The van der Waals surface area contributed by atoms with Gasteiger partial charge in [0.05, 0.1) is 12.0 Å². The van der Waals surface area contributed by atoms with E-state index in [9.17, 15) is 4.79 Å². The SMILES string of the molecule is CO[C@@]12CC[C@H](O[Si](C)(C)C(C)(C)C)[C@@H](C#C[C@@H](O[Si](C)(C)C(C)(C)C)C3CCCCC3)[C@@H]1CC2=O. The highest BCUT2D eigenvalue weighted by Crippen LogP contribution is 2.53. The summed E-state index contributed by atoms with van der Waals surface area (Å²) >= 11 is 0. The highest BCUT2D eigenvalue weighted by atomic mass is 28.4. The molecular weight excluding hydrogens is 480 g/mol. The van der Waals surface area contributed by atoms with Gasteiger partial charge in [0, 0.05) is 19.4 Å². The van der Waals surface area contributed by atoms with E-state index in [1.807, 2.05) is 0 Å². The molecule has 0 aromatic carbocycles. The Hall–Kier alpha value is -0.456. The van der Waals surface area contributed by atoms with E-state index in [0.29, 0.717) is 12.3 Å². The topological polar surface area (TPSA) is 44.8 Å². The summed E-state index contributed by atoms with van der Waals surface area (Å²) in [6, 6.07) is 0. The van der Waals surface area contributed by atoms with Gasteiger partial charge < -0.3 is 13.6 Å². The Morgan fingerprint density at radius 3 is 2.00 bits per heavy atom. The zero-order chi connectivity index (χ0) is 27.2. The van der Waals surface area contributed by atoms with E-state index in [-0.39, 0.29) is 39.9 Å². The second-order valence-corrected chi connectivity index (χ2v) is 24.3. The maximum atomic E-state index is 12.8. The summed E-state index contributed by atoms with van der Waals surface area (Å²) in [5.74, 6) is 8.33. The number of methoxy groups -OCH3 is 1. The number of hydrogen-bond acceptors (Lipinski definition) is 4. The molecule has 206 valence electrons.